The fourth-order valence-electron chi connectivity index (χ4n) is 1.02. The third-order valence-corrected chi connectivity index (χ3v) is 2.66. The second-order valence-corrected chi connectivity index (χ2v) is 4.02. The summed E-state index contributed by atoms with van der Waals surface area (Å²) in [5.41, 5.74) is -0.674. The molecule has 0 aliphatic heterocycles. The molecule has 0 N–H and O–H groups in total. The van der Waals surface area contributed by atoms with E-state index < -0.39 is 24.0 Å². The molecule has 0 spiro atoms. The Labute approximate surface area is 103 Å². The number of hydrogen-bond acceptors (Lipinski definition) is 3. The van der Waals surface area contributed by atoms with E-state index in [4.69, 9.17) is 0 Å². The molecule has 0 atom stereocenters. The van der Waals surface area contributed by atoms with Gasteiger partial charge in [0.05, 0.1) is 13.5 Å². The van der Waals surface area contributed by atoms with Crippen molar-refractivity contribution < 1.29 is 22.7 Å². The van der Waals surface area contributed by atoms with Crippen molar-refractivity contribution in [3.8, 4) is 0 Å². The highest BCUT2D eigenvalue weighted by Crippen LogP contribution is 2.24. The molecular weight excluding hydrogens is 338 g/mol. The van der Waals surface area contributed by atoms with Crippen molar-refractivity contribution in [1.82, 2.24) is 4.98 Å². The molecule has 16 heavy (non-hydrogen) atoms. The fourth-order valence-corrected chi connectivity index (χ4v) is 1.75. The Bertz CT molecular complexity index is 412. The van der Waals surface area contributed by atoms with Crippen LogP contribution in [-0.4, -0.2) is 18.1 Å². The van der Waals surface area contributed by atoms with Crippen LogP contribution in [0.2, 0.25) is 0 Å². The number of methoxy groups -OCH3 is 1. The van der Waals surface area contributed by atoms with Crippen LogP contribution in [-0.2, 0) is 16.0 Å². The van der Waals surface area contributed by atoms with Crippen LogP contribution in [0.25, 0.3) is 0 Å². The molecule has 88 valence electrons. The van der Waals surface area contributed by atoms with Gasteiger partial charge in [-0.05, 0) is 28.7 Å². The van der Waals surface area contributed by atoms with E-state index in [1.807, 2.05) is 0 Å². The zero-order valence-corrected chi connectivity index (χ0v) is 10.3. The zero-order valence-electron chi connectivity index (χ0n) is 8.14. The topological polar surface area (TPSA) is 39.2 Å². The van der Waals surface area contributed by atoms with Crippen LogP contribution in [0.3, 0.4) is 0 Å². The van der Waals surface area contributed by atoms with Crippen LogP contribution in [0, 0.1) is 9.52 Å². The van der Waals surface area contributed by atoms with Gasteiger partial charge in [-0.25, -0.2) is 13.8 Å². The van der Waals surface area contributed by atoms with E-state index in [1.54, 1.807) is 22.6 Å². The summed E-state index contributed by atoms with van der Waals surface area (Å²) in [7, 11) is 1.16. The van der Waals surface area contributed by atoms with Gasteiger partial charge in [0.2, 0.25) is 5.95 Å². The second kappa shape index (κ2) is 5.46. The maximum Gasteiger partial charge on any atom is 0.310 e. The molecule has 0 aliphatic carbocycles. The molecule has 0 amide bonds. The number of hydrogen-bond donors (Lipinski definition) is 0. The molecule has 0 aromatic carbocycles. The van der Waals surface area contributed by atoms with Gasteiger partial charge in [-0.15, -0.1) is 0 Å². The summed E-state index contributed by atoms with van der Waals surface area (Å²) in [4.78, 5) is 14.0. The van der Waals surface area contributed by atoms with Crippen molar-refractivity contribution in [1.29, 1.82) is 0 Å². The lowest BCUT2D eigenvalue weighted by Crippen LogP contribution is -2.09. The average molecular weight is 345 g/mol. The van der Waals surface area contributed by atoms with Crippen LogP contribution in [0.1, 0.15) is 17.7 Å². The van der Waals surface area contributed by atoms with Gasteiger partial charge >= 0.3 is 5.97 Å². The van der Waals surface area contributed by atoms with Gasteiger partial charge in [0.15, 0.2) is 0 Å². The van der Waals surface area contributed by atoms with Crippen LogP contribution in [0.15, 0.2) is 6.07 Å². The fraction of sp³-hybridized carbons (Fsp3) is 0.333. The number of carbonyl (C=O) groups is 1. The molecule has 0 unspecified atom stereocenters. The van der Waals surface area contributed by atoms with Crippen LogP contribution < -0.4 is 0 Å². The molecule has 3 nitrogen and oxygen atoms in total. The smallest absolute Gasteiger partial charge is 0.310 e. The molecule has 0 radical (unpaired) electrons. The number of alkyl halides is 2. The predicted molar refractivity (Wildman–Crippen MR) is 57.6 cm³/mol. The number of pyridine rings is 1. The van der Waals surface area contributed by atoms with Crippen molar-refractivity contribution in [2.45, 2.75) is 12.8 Å². The molecule has 1 aromatic heterocycles. The van der Waals surface area contributed by atoms with Gasteiger partial charge in [-0.2, -0.15) is 4.39 Å². The van der Waals surface area contributed by atoms with Crippen LogP contribution in [0.5, 0.6) is 0 Å². The number of aromatic nitrogens is 1. The molecule has 1 rings (SSSR count). The Morgan fingerprint density at radius 3 is 2.75 bits per heavy atom. The Kier molecular flexibility index (Phi) is 4.51. The lowest BCUT2D eigenvalue weighted by Gasteiger charge is -2.06. The number of carbonyl (C=O) groups excluding carboxylic acids is 1. The van der Waals surface area contributed by atoms with Gasteiger partial charge in [0.1, 0.15) is 5.69 Å². The summed E-state index contributed by atoms with van der Waals surface area (Å²) in [6, 6.07) is 1.17. The predicted octanol–water partition coefficient (Wildman–Crippen LogP) is 2.48. The largest absolute Gasteiger partial charge is 0.469 e. The molecule has 0 aliphatic rings. The molecule has 0 bridgehead atoms. The Morgan fingerprint density at radius 1 is 1.62 bits per heavy atom. The minimum atomic E-state index is -2.84. The number of halogens is 4. The zero-order chi connectivity index (χ0) is 12.3. The first-order valence-electron chi connectivity index (χ1n) is 4.15. The highest BCUT2D eigenvalue weighted by Gasteiger charge is 2.18. The van der Waals surface area contributed by atoms with Gasteiger partial charge in [-0.1, -0.05) is 0 Å². The summed E-state index contributed by atoms with van der Waals surface area (Å²) >= 11 is 1.62. The average Bonchev–Trinajstić information content (AvgIpc) is 2.22. The van der Waals surface area contributed by atoms with Crippen molar-refractivity contribution in [2.75, 3.05) is 7.11 Å². The molecule has 0 fully saturated rings. The Morgan fingerprint density at radius 2 is 2.25 bits per heavy atom. The Hall–Kier alpha value is -0.860. The van der Waals surface area contributed by atoms with E-state index in [2.05, 4.69) is 9.72 Å². The van der Waals surface area contributed by atoms with Crippen LogP contribution >= 0.6 is 22.6 Å². The van der Waals surface area contributed by atoms with Gasteiger partial charge < -0.3 is 4.74 Å². The molecular formula is C9H7F3INO2. The van der Waals surface area contributed by atoms with E-state index in [9.17, 15) is 18.0 Å². The number of esters is 1. The standard InChI is InChI=1S/C9H7F3INO2/c1-16-6(15)3-4-2-5(13)7(8(10)11)14-9(4)12/h2,8H,3H2,1H3. The molecule has 0 saturated carbocycles. The van der Waals surface area contributed by atoms with E-state index in [0.29, 0.717) is 0 Å². The Balaban J connectivity index is 3.05. The third-order valence-electron chi connectivity index (χ3n) is 1.80. The SMILES string of the molecule is COC(=O)Cc1cc(I)c(C(F)F)nc1F. The summed E-state index contributed by atoms with van der Waals surface area (Å²) < 4.78 is 42.4. The van der Waals surface area contributed by atoms with Crippen molar-refractivity contribution in [3.05, 3.63) is 26.8 Å². The lowest BCUT2D eigenvalue weighted by atomic mass is 10.2. The molecule has 1 heterocycles. The number of nitrogens with zero attached hydrogens (tertiary/aromatic N) is 1. The van der Waals surface area contributed by atoms with E-state index in [0.717, 1.165) is 7.11 Å². The lowest BCUT2D eigenvalue weighted by molar-refractivity contribution is -0.139. The highest BCUT2D eigenvalue weighted by molar-refractivity contribution is 14.1. The quantitative estimate of drug-likeness (QED) is 0.480. The minimum Gasteiger partial charge on any atom is -0.469 e. The first-order chi connectivity index (χ1) is 7.45. The van der Waals surface area contributed by atoms with Gasteiger partial charge in [0, 0.05) is 9.13 Å². The van der Waals surface area contributed by atoms with Gasteiger partial charge in [0.25, 0.3) is 6.43 Å². The van der Waals surface area contributed by atoms with E-state index in [1.165, 1.54) is 6.07 Å². The van der Waals surface area contributed by atoms with E-state index in [-0.39, 0.29) is 15.6 Å². The third kappa shape index (κ3) is 3.06. The maximum atomic E-state index is 13.2. The van der Waals surface area contributed by atoms with Gasteiger partial charge in [-0.3, -0.25) is 4.79 Å². The van der Waals surface area contributed by atoms with E-state index >= 15 is 0 Å². The number of rotatable bonds is 3. The second-order valence-electron chi connectivity index (χ2n) is 2.86. The summed E-state index contributed by atoms with van der Waals surface area (Å²) in [5.74, 6) is -1.72. The highest BCUT2D eigenvalue weighted by atomic mass is 127. The first kappa shape index (κ1) is 13.2. The van der Waals surface area contributed by atoms with Crippen molar-refractivity contribution in [3.63, 3.8) is 0 Å². The summed E-state index contributed by atoms with van der Waals surface area (Å²) in [6.45, 7) is 0. The monoisotopic (exact) mass is 345 g/mol. The molecule has 7 heteroatoms. The minimum absolute atomic E-state index is 0.0550. The van der Waals surface area contributed by atoms with Crippen molar-refractivity contribution in [2.24, 2.45) is 0 Å². The molecule has 1 aromatic rings. The number of ether oxygens (including phenoxy) is 1. The summed E-state index contributed by atoms with van der Waals surface area (Å²) in [5, 5.41) is 0. The maximum absolute atomic E-state index is 13.2. The summed E-state index contributed by atoms with van der Waals surface area (Å²) in [6.07, 6.45) is -3.16. The first-order valence-corrected chi connectivity index (χ1v) is 5.23. The van der Waals surface area contributed by atoms with Crippen LogP contribution in [0.4, 0.5) is 13.2 Å². The molecule has 0 saturated heterocycles. The normalized spacial score (nSPS) is 10.6. The van der Waals surface area contributed by atoms with Crippen molar-refractivity contribution >= 4 is 28.6 Å².